The van der Waals surface area contributed by atoms with E-state index in [0.717, 1.165) is 5.56 Å². The van der Waals surface area contributed by atoms with Crippen molar-refractivity contribution in [2.45, 2.75) is 18.7 Å². The highest BCUT2D eigenvalue weighted by Crippen LogP contribution is 2.15. The van der Waals surface area contributed by atoms with Crippen molar-refractivity contribution in [1.82, 2.24) is 4.89 Å². The predicted molar refractivity (Wildman–Crippen MR) is 59.8 cm³/mol. The Kier molecular flexibility index (Phi) is 4.22. The van der Waals surface area contributed by atoms with E-state index in [2.05, 4.69) is 4.84 Å². The Morgan fingerprint density at radius 1 is 1.41 bits per heavy atom. The van der Waals surface area contributed by atoms with Gasteiger partial charge in [0.1, 0.15) is 0 Å². The van der Waals surface area contributed by atoms with E-state index >= 15 is 0 Å². The van der Waals surface area contributed by atoms with E-state index in [-0.39, 0.29) is 4.90 Å². The Hall–Kier alpha value is -1.44. The molecular formula is C10H13NO5S. The van der Waals surface area contributed by atoms with Crippen molar-refractivity contribution < 1.29 is 23.2 Å². The van der Waals surface area contributed by atoms with Gasteiger partial charge in [0.2, 0.25) is 0 Å². The van der Waals surface area contributed by atoms with Crippen molar-refractivity contribution in [2.75, 3.05) is 6.61 Å². The van der Waals surface area contributed by atoms with Gasteiger partial charge >= 0.3 is 5.97 Å². The van der Waals surface area contributed by atoms with Crippen LogP contribution in [0.5, 0.6) is 0 Å². The fourth-order valence-corrected chi connectivity index (χ4v) is 2.35. The highest BCUT2D eigenvalue weighted by atomic mass is 32.2. The third kappa shape index (κ3) is 3.81. The van der Waals surface area contributed by atoms with Crippen molar-refractivity contribution in [2.24, 2.45) is 0 Å². The molecular weight excluding hydrogens is 246 g/mol. The maximum absolute atomic E-state index is 11.7. The maximum atomic E-state index is 11.7. The fraction of sp³-hybridized carbons (Fsp3) is 0.300. The van der Waals surface area contributed by atoms with Crippen molar-refractivity contribution in [3.63, 3.8) is 0 Å². The summed E-state index contributed by atoms with van der Waals surface area (Å²) in [5.41, 5.74) is 1.50. The smallest absolute Gasteiger partial charge is 0.331 e. The summed E-state index contributed by atoms with van der Waals surface area (Å²) in [5.74, 6) is -1.26. The largest absolute Gasteiger partial charge is 0.479 e. The second kappa shape index (κ2) is 5.26. The molecule has 0 saturated heterocycles. The first kappa shape index (κ1) is 13.6. The number of aliphatic carboxylic acids is 1. The van der Waals surface area contributed by atoms with E-state index in [1.54, 1.807) is 23.9 Å². The van der Waals surface area contributed by atoms with Crippen molar-refractivity contribution in [1.29, 1.82) is 0 Å². The van der Waals surface area contributed by atoms with Crippen molar-refractivity contribution >= 4 is 16.0 Å². The van der Waals surface area contributed by atoms with Gasteiger partial charge in [-0.05, 0) is 25.5 Å². The van der Waals surface area contributed by atoms with Crippen LogP contribution in [0.1, 0.15) is 11.1 Å². The molecule has 0 aliphatic heterocycles. The second-order valence-corrected chi connectivity index (χ2v) is 5.15. The molecule has 0 heterocycles. The van der Waals surface area contributed by atoms with Crippen LogP contribution in [0.3, 0.4) is 0 Å². The van der Waals surface area contributed by atoms with Crippen LogP contribution in [0.25, 0.3) is 0 Å². The van der Waals surface area contributed by atoms with Crippen LogP contribution in [0, 0.1) is 13.8 Å². The van der Waals surface area contributed by atoms with Gasteiger partial charge in [0, 0.05) is 0 Å². The van der Waals surface area contributed by atoms with Gasteiger partial charge in [-0.1, -0.05) is 22.6 Å². The summed E-state index contributed by atoms with van der Waals surface area (Å²) in [4.78, 5) is 16.4. The molecule has 0 aliphatic carbocycles. The monoisotopic (exact) mass is 259 g/mol. The van der Waals surface area contributed by atoms with Crippen LogP contribution < -0.4 is 4.89 Å². The van der Waals surface area contributed by atoms with Gasteiger partial charge in [0.25, 0.3) is 10.0 Å². The lowest BCUT2D eigenvalue weighted by Gasteiger charge is -2.08. The molecule has 0 aliphatic rings. The summed E-state index contributed by atoms with van der Waals surface area (Å²) in [7, 11) is -3.84. The normalized spacial score (nSPS) is 11.4. The average molecular weight is 259 g/mol. The van der Waals surface area contributed by atoms with Gasteiger partial charge in [0.15, 0.2) is 6.61 Å². The van der Waals surface area contributed by atoms with E-state index < -0.39 is 22.6 Å². The van der Waals surface area contributed by atoms with Crippen LogP contribution in [-0.4, -0.2) is 26.1 Å². The first-order valence-corrected chi connectivity index (χ1v) is 6.24. The van der Waals surface area contributed by atoms with E-state index in [0.29, 0.717) is 5.56 Å². The average Bonchev–Trinajstić information content (AvgIpc) is 2.15. The zero-order valence-corrected chi connectivity index (χ0v) is 10.2. The van der Waals surface area contributed by atoms with Crippen LogP contribution in [0.4, 0.5) is 0 Å². The Labute approximate surface area is 99.2 Å². The summed E-state index contributed by atoms with van der Waals surface area (Å²) in [6.45, 7) is 2.76. The van der Waals surface area contributed by atoms with Crippen LogP contribution in [0.15, 0.2) is 23.1 Å². The first-order chi connectivity index (χ1) is 7.83. The van der Waals surface area contributed by atoms with Crippen LogP contribution in [-0.2, 0) is 19.7 Å². The van der Waals surface area contributed by atoms with E-state index in [4.69, 9.17) is 5.11 Å². The van der Waals surface area contributed by atoms with E-state index in [1.165, 1.54) is 6.07 Å². The topological polar surface area (TPSA) is 92.7 Å². The zero-order chi connectivity index (χ0) is 13.1. The summed E-state index contributed by atoms with van der Waals surface area (Å²) in [6, 6.07) is 4.81. The number of carboxylic acid groups (broad SMARTS) is 1. The standard InChI is InChI=1S/C10H13NO5S/c1-7-3-4-9(8(2)5-7)17(14,15)11-16-6-10(12)13/h3-5,11H,6H2,1-2H3,(H,12,13). The number of hydrogen-bond acceptors (Lipinski definition) is 4. The summed E-state index contributed by atoms with van der Waals surface area (Å²) in [5, 5.41) is 8.31. The van der Waals surface area contributed by atoms with Crippen LogP contribution >= 0.6 is 0 Å². The Balaban J connectivity index is 2.86. The lowest BCUT2D eigenvalue weighted by Crippen LogP contribution is -2.27. The van der Waals surface area contributed by atoms with Gasteiger partial charge in [-0.3, -0.25) is 4.84 Å². The molecule has 0 aromatic heterocycles. The van der Waals surface area contributed by atoms with Gasteiger partial charge in [0.05, 0.1) is 4.90 Å². The van der Waals surface area contributed by atoms with Crippen molar-refractivity contribution in [3.8, 4) is 0 Å². The third-order valence-corrected chi connectivity index (χ3v) is 3.36. The molecule has 7 heteroatoms. The van der Waals surface area contributed by atoms with Gasteiger partial charge in [-0.15, -0.1) is 0 Å². The minimum Gasteiger partial charge on any atom is -0.479 e. The second-order valence-electron chi connectivity index (χ2n) is 3.54. The molecule has 6 nitrogen and oxygen atoms in total. The Morgan fingerprint density at radius 3 is 2.59 bits per heavy atom. The molecule has 0 atom stereocenters. The molecule has 0 unspecified atom stereocenters. The number of aryl methyl sites for hydroxylation is 2. The van der Waals surface area contributed by atoms with Gasteiger partial charge in [-0.25, -0.2) is 13.2 Å². The highest BCUT2D eigenvalue weighted by molar-refractivity contribution is 7.89. The number of sulfonamides is 1. The molecule has 1 aromatic rings. The zero-order valence-electron chi connectivity index (χ0n) is 9.43. The maximum Gasteiger partial charge on any atom is 0.331 e. The number of carbonyl (C=O) groups is 1. The van der Waals surface area contributed by atoms with Crippen molar-refractivity contribution in [3.05, 3.63) is 29.3 Å². The predicted octanol–water partition coefficient (Wildman–Crippen LogP) is 0.598. The minimum atomic E-state index is -3.84. The number of nitrogens with one attached hydrogen (secondary N) is 1. The van der Waals surface area contributed by atoms with Crippen LogP contribution in [0.2, 0.25) is 0 Å². The first-order valence-electron chi connectivity index (χ1n) is 4.75. The quantitative estimate of drug-likeness (QED) is 0.755. The molecule has 0 bridgehead atoms. The molecule has 0 fully saturated rings. The summed E-state index contributed by atoms with van der Waals surface area (Å²) in [6.07, 6.45) is 0. The fourth-order valence-electron chi connectivity index (χ4n) is 1.31. The molecule has 1 rings (SSSR count). The molecule has 2 N–H and O–H groups in total. The molecule has 0 spiro atoms. The number of rotatable bonds is 5. The highest BCUT2D eigenvalue weighted by Gasteiger charge is 2.17. The third-order valence-electron chi connectivity index (χ3n) is 1.98. The molecule has 0 amide bonds. The molecule has 0 radical (unpaired) electrons. The van der Waals surface area contributed by atoms with E-state index in [1.807, 2.05) is 6.92 Å². The van der Waals surface area contributed by atoms with E-state index in [9.17, 15) is 13.2 Å². The summed E-state index contributed by atoms with van der Waals surface area (Å²) >= 11 is 0. The SMILES string of the molecule is Cc1ccc(S(=O)(=O)NOCC(=O)O)c(C)c1. The lowest BCUT2D eigenvalue weighted by molar-refractivity contribution is -0.143. The molecule has 0 saturated carbocycles. The minimum absolute atomic E-state index is 0.0634. The molecule has 17 heavy (non-hydrogen) atoms. The Bertz CT molecular complexity index is 523. The molecule has 1 aromatic carbocycles. The number of benzene rings is 1. The molecule has 94 valence electrons. The number of carboxylic acids is 1. The lowest BCUT2D eigenvalue weighted by atomic mass is 10.2. The number of hydrogen-bond donors (Lipinski definition) is 2. The summed E-state index contributed by atoms with van der Waals surface area (Å²) < 4.78 is 23.4. The van der Waals surface area contributed by atoms with Gasteiger partial charge in [-0.2, -0.15) is 0 Å². The Morgan fingerprint density at radius 2 is 2.06 bits per heavy atom. The van der Waals surface area contributed by atoms with Gasteiger partial charge < -0.3 is 5.11 Å².